The molecular formula is C13H24N4O3S. The van der Waals surface area contributed by atoms with Gasteiger partial charge in [-0.1, -0.05) is 12.8 Å². The molecule has 0 spiro atoms. The van der Waals surface area contributed by atoms with Crippen LogP contribution in [-0.2, 0) is 21.3 Å². The van der Waals surface area contributed by atoms with E-state index in [0.717, 1.165) is 25.7 Å². The second-order valence-corrected chi connectivity index (χ2v) is 7.45. The SMILES string of the molecule is COCCn1cnnc1C(C)NS(=O)(=O)CC1CCCC1. The third kappa shape index (κ3) is 4.76. The maximum absolute atomic E-state index is 12.2. The van der Waals surface area contributed by atoms with Crippen LogP contribution in [0.15, 0.2) is 6.33 Å². The molecule has 0 saturated heterocycles. The van der Waals surface area contributed by atoms with Crippen LogP contribution in [0.5, 0.6) is 0 Å². The van der Waals surface area contributed by atoms with Crippen molar-refractivity contribution >= 4 is 10.0 Å². The van der Waals surface area contributed by atoms with Gasteiger partial charge in [-0.15, -0.1) is 10.2 Å². The number of methoxy groups -OCH3 is 1. The Bertz CT molecular complexity index is 537. The van der Waals surface area contributed by atoms with Crippen LogP contribution in [0.4, 0.5) is 0 Å². The smallest absolute Gasteiger partial charge is 0.212 e. The van der Waals surface area contributed by atoms with Gasteiger partial charge in [0.1, 0.15) is 6.33 Å². The molecule has 1 aliphatic carbocycles. The molecule has 0 bridgehead atoms. The van der Waals surface area contributed by atoms with Crippen LogP contribution in [-0.4, -0.2) is 42.7 Å². The molecule has 0 amide bonds. The molecule has 0 radical (unpaired) electrons. The second kappa shape index (κ2) is 7.33. The van der Waals surface area contributed by atoms with Gasteiger partial charge >= 0.3 is 0 Å². The van der Waals surface area contributed by atoms with E-state index in [4.69, 9.17) is 4.74 Å². The standard InChI is InChI=1S/C13H24N4O3S/c1-11(13-15-14-10-17(13)7-8-20-2)16-21(18,19)9-12-5-3-4-6-12/h10-12,16H,3-9H2,1-2H3. The van der Waals surface area contributed by atoms with E-state index in [1.54, 1.807) is 20.4 Å². The zero-order valence-corrected chi connectivity index (χ0v) is 13.5. The minimum atomic E-state index is -3.29. The lowest BCUT2D eigenvalue weighted by Crippen LogP contribution is -2.33. The fourth-order valence-electron chi connectivity index (χ4n) is 2.82. The molecular weight excluding hydrogens is 292 g/mol. The second-order valence-electron chi connectivity index (χ2n) is 5.65. The molecule has 1 atom stereocenters. The normalized spacial score (nSPS) is 18.2. The molecule has 120 valence electrons. The molecule has 1 unspecified atom stereocenters. The number of nitrogens with one attached hydrogen (secondary N) is 1. The summed E-state index contributed by atoms with van der Waals surface area (Å²) in [5.74, 6) is 1.12. The van der Waals surface area contributed by atoms with Gasteiger partial charge in [0.25, 0.3) is 0 Å². The van der Waals surface area contributed by atoms with Crippen molar-refractivity contribution in [3.8, 4) is 0 Å². The van der Waals surface area contributed by atoms with E-state index in [9.17, 15) is 8.42 Å². The summed E-state index contributed by atoms with van der Waals surface area (Å²) in [4.78, 5) is 0. The Hall–Kier alpha value is -0.990. The molecule has 2 rings (SSSR count). The molecule has 1 saturated carbocycles. The minimum Gasteiger partial charge on any atom is -0.383 e. The summed E-state index contributed by atoms with van der Waals surface area (Å²) in [5, 5.41) is 7.87. The summed E-state index contributed by atoms with van der Waals surface area (Å²) in [5.41, 5.74) is 0. The Balaban J connectivity index is 1.96. The van der Waals surface area contributed by atoms with Gasteiger partial charge in [-0.05, 0) is 25.7 Å². The van der Waals surface area contributed by atoms with Gasteiger partial charge in [-0.3, -0.25) is 0 Å². The predicted octanol–water partition coefficient (Wildman–Crippen LogP) is 1.10. The summed E-state index contributed by atoms with van der Waals surface area (Å²) in [6, 6.07) is -0.393. The molecule has 1 N–H and O–H groups in total. The summed E-state index contributed by atoms with van der Waals surface area (Å²) < 4.78 is 34.0. The third-order valence-corrected chi connectivity index (χ3v) is 5.48. The Morgan fingerprint density at radius 3 is 2.86 bits per heavy atom. The van der Waals surface area contributed by atoms with Gasteiger partial charge in [0.15, 0.2) is 5.82 Å². The van der Waals surface area contributed by atoms with Crippen LogP contribution in [0.25, 0.3) is 0 Å². The monoisotopic (exact) mass is 316 g/mol. The number of ether oxygens (including phenoxy) is 1. The van der Waals surface area contributed by atoms with Crippen LogP contribution in [0.3, 0.4) is 0 Å². The van der Waals surface area contributed by atoms with Gasteiger partial charge < -0.3 is 9.30 Å². The van der Waals surface area contributed by atoms with Gasteiger partial charge in [0.2, 0.25) is 10.0 Å². The zero-order valence-electron chi connectivity index (χ0n) is 12.7. The molecule has 1 heterocycles. The lowest BCUT2D eigenvalue weighted by Gasteiger charge is -2.16. The Morgan fingerprint density at radius 1 is 1.48 bits per heavy atom. The van der Waals surface area contributed by atoms with Crippen molar-refractivity contribution < 1.29 is 13.2 Å². The quantitative estimate of drug-likeness (QED) is 0.776. The van der Waals surface area contributed by atoms with Crippen LogP contribution < -0.4 is 4.72 Å². The van der Waals surface area contributed by atoms with Crippen molar-refractivity contribution in [1.29, 1.82) is 0 Å². The summed E-state index contributed by atoms with van der Waals surface area (Å²) in [6.07, 6.45) is 5.90. The molecule has 8 heteroatoms. The maximum atomic E-state index is 12.2. The van der Waals surface area contributed by atoms with Gasteiger partial charge in [0.05, 0.1) is 18.4 Å². The highest BCUT2D eigenvalue weighted by atomic mass is 32.2. The molecule has 1 aliphatic rings. The van der Waals surface area contributed by atoms with Crippen molar-refractivity contribution in [1.82, 2.24) is 19.5 Å². The van der Waals surface area contributed by atoms with E-state index in [1.807, 2.05) is 4.57 Å². The van der Waals surface area contributed by atoms with E-state index in [2.05, 4.69) is 14.9 Å². The molecule has 1 fully saturated rings. The largest absolute Gasteiger partial charge is 0.383 e. The zero-order chi connectivity index (χ0) is 15.3. The van der Waals surface area contributed by atoms with E-state index in [1.165, 1.54) is 0 Å². The first kappa shape index (κ1) is 16.4. The average Bonchev–Trinajstić information content (AvgIpc) is 3.05. The van der Waals surface area contributed by atoms with Gasteiger partial charge in [0, 0.05) is 13.7 Å². The van der Waals surface area contributed by atoms with Crippen LogP contribution in [0.2, 0.25) is 0 Å². The number of hydrogen-bond acceptors (Lipinski definition) is 5. The Kier molecular flexibility index (Phi) is 5.72. The molecule has 7 nitrogen and oxygen atoms in total. The lowest BCUT2D eigenvalue weighted by molar-refractivity contribution is 0.185. The Morgan fingerprint density at radius 2 is 2.19 bits per heavy atom. The maximum Gasteiger partial charge on any atom is 0.212 e. The Labute approximate surface area is 126 Å². The summed E-state index contributed by atoms with van der Waals surface area (Å²) in [6.45, 7) is 2.93. The van der Waals surface area contributed by atoms with E-state index in [0.29, 0.717) is 24.9 Å². The fraction of sp³-hybridized carbons (Fsp3) is 0.846. The van der Waals surface area contributed by atoms with Crippen molar-refractivity contribution in [3.05, 3.63) is 12.2 Å². The molecule has 0 aliphatic heterocycles. The van der Waals surface area contributed by atoms with E-state index < -0.39 is 16.1 Å². The third-order valence-electron chi connectivity index (χ3n) is 3.86. The van der Waals surface area contributed by atoms with Crippen LogP contribution in [0, 0.1) is 5.92 Å². The first-order chi connectivity index (χ1) is 10.0. The van der Waals surface area contributed by atoms with Crippen molar-refractivity contribution in [2.24, 2.45) is 5.92 Å². The van der Waals surface area contributed by atoms with Gasteiger partial charge in [-0.25, -0.2) is 13.1 Å². The van der Waals surface area contributed by atoms with E-state index in [-0.39, 0.29) is 5.75 Å². The average molecular weight is 316 g/mol. The lowest BCUT2D eigenvalue weighted by atomic mass is 10.1. The fourth-order valence-corrected chi connectivity index (χ4v) is 4.51. The predicted molar refractivity (Wildman–Crippen MR) is 79.2 cm³/mol. The number of rotatable bonds is 8. The van der Waals surface area contributed by atoms with Crippen LogP contribution in [0.1, 0.15) is 44.5 Å². The first-order valence-corrected chi connectivity index (χ1v) is 9.03. The molecule has 21 heavy (non-hydrogen) atoms. The van der Waals surface area contributed by atoms with Gasteiger partial charge in [-0.2, -0.15) is 0 Å². The first-order valence-electron chi connectivity index (χ1n) is 7.38. The highest BCUT2D eigenvalue weighted by Gasteiger charge is 2.25. The summed E-state index contributed by atoms with van der Waals surface area (Å²) in [7, 11) is -1.67. The summed E-state index contributed by atoms with van der Waals surface area (Å²) >= 11 is 0. The minimum absolute atomic E-state index is 0.212. The van der Waals surface area contributed by atoms with Crippen LogP contribution >= 0.6 is 0 Å². The molecule has 1 aromatic rings. The van der Waals surface area contributed by atoms with Crippen molar-refractivity contribution in [2.45, 2.75) is 45.2 Å². The van der Waals surface area contributed by atoms with Crippen molar-refractivity contribution in [3.63, 3.8) is 0 Å². The highest BCUT2D eigenvalue weighted by Crippen LogP contribution is 2.26. The van der Waals surface area contributed by atoms with Crippen molar-refractivity contribution in [2.75, 3.05) is 19.5 Å². The number of nitrogens with zero attached hydrogens (tertiary/aromatic N) is 3. The molecule has 1 aromatic heterocycles. The van der Waals surface area contributed by atoms with E-state index >= 15 is 0 Å². The number of hydrogen-bond donors (Lipinski definition) is 1. The number of sulfonamides is 1. The highest BCUT2D eigenvalue weighted by molar-refractivity contribution is 7.89. The number of aromatic nitrogens is 3. The molecule has 0 aromatic carbocycles. The topological polar surface area (TPSA) is 86.1 Å².